The predicted molar refractivity (Wildman–Crippen MR) is 93.3 cm³/mol. The minimum absolute atomic E-state index is 0.0374. The third-order valence-electron chi connectivity index (χ3n) is 4.93. The van der Waals surface area contributed by atoms with E-state index in [0.29, 0.717) is 0 Å². The molecule has 0 radical (unpaired) electrons. The topological polar surface area (TPSA) is 51.4 Å². The van der Waals surface area contributed by atoms with E-state index in [1.807, 2.05) is 6.92 Å². The Morgan fingerprint density at radius 1 is 1.38 bits per heavy atom. The molecule has 1 aliphatic heterocycles. The largest absolute Gasteiger partial charge is 0.359 e. The van der Waals surface area contributed by atoms with Crippen LogP contribution < -0.4 is 5.32 Å². The number of benzene rings is 1. The van der Waals surface area contributed by atoms with Crippen LogP contribution in [0.25, 0.3) is 10.9 Å². The normalized spacial score (nSPS) is 20.2. The van der Waals surface area contributed by atoms with E-state index in [9.17, 15) is 9.18 Å². The van der Waals surface area contributed by atoms with Crippen molar-refractivity contribution in [1.29, 1.82) is 0 Å². The van der Waals surface area contributed by atoms with Crippen molar-refractivity contribution in [3.8, 4) is 0 Å². The Morgan fingerprint density at radius 2 is 2.17 bits per heavy atom. The number of aromatic amines is 1. The van der Waals surface area contributed by atoms with Gasteiger partial charge in [0.15, 0.2) is 0 Å². The van der Waals surface area contributed by atoms with Gasteiger partial charge in [-0.15, -0.1) is 0 Å². The van der Waals surface area contributed by atoms with Crippen molar-refractivity contribution in [3.63, 3.8) is 0 Å². The average molecular weight is 332 g/mol. The summed E-state index contributed by atoms with van der Waals surface area (Å²) >= 11 is 0. The first kappa shape index (κ1) is 16.9. The summed E-state index contributed by atoms with van der Waals surface area (Å²) in [4.78, 5) is 20.0. The number of hydrogen-bond donors (Lipinski definition) is 2. The van der Waals surface area contributed by atoms with Gasteiger partial charge in [-0.25, -0.2) is 4.39 Å². The van der Waals surface area contributed by atoms with Crippen molar-refractivity contribution in [2.75, 3.05) is 40.3 Å². The predicted octanol–water partition coefficient (Wildman–Crippen LogP) is 1.73. The molecule has 1 amide bonds. The van der Waals surface area contributed by atoms with Gasteiger partial charge < -0.3 is 15.2 Å². The SMILES string of the molecule is CNC(=O)[C@@H]1CN(C)CCN(Cc2[nH]c3ccc(F)cc3c2C)C1. The van der Waals surface area contributed by atoms with E-state index < -0.39 is 0 Å². The minimum atomic E-state index is -0.216. The fourth-order valence-electron chi connectivity index (χ4n) is 3.49. The molecule has 0 bridgehead atoms. The second kappa shape index (κ2) is 6.91. The van der Waals surface area contributed by atoms with Gasteiger partial charge in [-0.05, 0) is 37.7 Å². The van der Waals surface area contributed by atoms with Crippen LogP contribution in [-0.2, 0) is 11.3 Å². The van der Waals surface area contributed by atoms with E-state index in [1.165, 1.54) is 6.07 Å². The van der Waals surface area contributed by atoms with Crippen LogP contribution in [-0.4, -0.2) is 61.0 Å². The fraction of sp³-hybridized carbons (Fsp3) is 0.500. The number of rotatable bonds is 3. The molecule has 0 aliphatic carbocycles. The molecule has 3 rings (SSSR count). The number of likely N-dealkylation sites (N-methyl/N-ethyl adjacent to an activating group) is 1. The summed E-state index contributed by atoms with van der Waals surface area (Å²) in [6.07, 6.45) is 0. The van der Waals surface area contributed by atoms with Crippen molar-refractivity contribution in [1.82, 2.24) is 20.1 Å². The standard InChI is InChI=1S/C18H25FN4O/c1-12-15-8-14(19)4-5-16(15)21-17(12)11-23-7-6-22(3)9-13(10-23)18(24)20-2/h4-5,8,13,21H,6-7,9-11H2,1-3H3,(H,20,24)/t13-/m1/s1. The van der Waals surface area contributed by atoms with E-state index in [0.717, 1.165) is 54.9 Å². The summed E-state index contributed by atoms with van der Waals surface area (Å²) in [7, 11) is 3.74. The average Bonchev–Trinajstić information content (AvgIpc) is 2.74. The quantitative estimate of drug-likeness (QED) is 0.900. The molecule has 5 nitrogen and oxygen atoms in total. The monoisotopic (exact) mass is 332 g/mol. The highest BCUT2D eigenvalue weighted by Crippen LogP contribution is 2.24. The van der Waals surface area contributed by atoms with Gasteiger partial charge in [0.05, 0.1) is 5.92 Å². The maximum absolute atomic E-state index is 13.5. The Morgan fingerprint density at radius 3 is 2.92 bits per heavy atom. The van der Waals surface area contributed by atoms with E-state index in [4.69, 9.17) is 0 Å². The molecule has 1 aliphatic rings. The van der Waals surface area contributed by atoms with E-state index >= 15 is 0 Å². The molecular formula is C18H25FN4O. The molecule has 24 heavy (non-hydrogen) atoms. The number of aryl methyl sites for hydroxylation is 1. The number of nitrogens with zero attached hydrogens (tertiary/aromatic N) is 2. The van der Waals surface area contributed by atoms with Crippen molar-refractivity contribution in [2.45, 2.75) is 13.5 Å². The Bertz CT molecular complexity index is 742. The summed E-state index contributed by atoms with van der Waals surface area (Å²) < 4.78 is 13.5. The zero-order valence-corrected chi connectivity index (χ0v) is 14.5. The number of amides is 1. The van der Waals surface area contributed by atoms with Gasteiger partial charge in [0.2, 0.25) is 5.91 Å². The molecule has 0 spiro atoms. The lowest BCUT2D eigenvalue weighted by Gasteiger charge is -2.22. The molecule has 0 saturated carbocycles. The van der Waals surface area contributed by atoms with E-state index in [-0.39, 0.29) is 17.6 Å². The molecule has 1 fully saturated rings. The summed E-state index contributed by atoms with van der Waals surface area (Å²) in [6, 6.07) is 4.84. The van der Waals surface area contributed by atoms with Crippen LogP contribution in [0, 0.1) is 18.7 Å². The molecule has 1 atom stereocenters. The van der Waals surface area contributed by atoms with Gasteiger partial charge in [-0.1, -0.05) is 0 Å². The molecule has 130 valence electrons. The lowest BCUT2D eigenvalue weighted by atomic mass is 10.1. The number of H-pyrrole nitrogens is 1. The van der Waals surface area contributed by atoms with Crippen LogP contribution in [0.2, 0.25) is 0 Å². The number of carbonyl (C=O) groups excluding carboxylic acids is 1. The molecule has 1 saturated heterocycles. The maximum Gasteiger partial charge on any atom is 0.225 e. The highest BCUT2D eigenvalue weighted by atomic mass is 19.1. The third kappa shape index (κ3) is 3.44. The fourth-order valence-corrected chi connectivity index (χ4v) is 3.49. The van der Waals surface area contributed by atoms with Gasteiger partial charge in [0, 0.05) is 56.4 Å². The Hall–Kier alpha value is -1.92. The molecule has 6 heteroatoms. The number of hydrogen-bond acceptors (Lipinski definition) is 3. The summed E-state index contributed by atoms with van der Waals surface area (Å²) in [5.74, 6) is -0.166. The van der Waals surface area contributed by atoms with Crippen molar-refractivity contribution in [2.24, 2.45) is 5.92 Å². The first-order valence-corrected chi connectivity index (χ1v) is 8.37. The van der Waals surface area contributed by atoms with Gasteiger partial charge in [-0.2, -0.15) is 0 Å². The first-order valence-electron chi connectivity index (χ1n) is 8.37. The number of halogens is 1. The maximum atomic E-state index is 13.5. The van der Waals surface area contributed by atoms with Gasteiger partial charge in [-0.3, -0.25) is 9.69 Å². The molecule has 2 heterocycles. The molecule has 1 aromatic heterocycles. The molecular weight excluding hydrogens is 307 g/mol. The summed E-state index contributed by atoms with van der Waals surface area (Å²) in [6.45, 7) is 6.10. The number of nitrogens with one attached hydrogen (secondary N) is 2. The molecule has 2 aromatic rings. The van der Waals surface area contributed by atoms with Gasteiger partial charge in [0.1, 0.15) is 5.82 Å². The second-order valence-corrected chi connectivity index (χ2v) is 6.73. The smallest absolute Gasteiger partial charge is 0.225 e. The first-order chi connectivity index (χ1) is 11.5. The van der Waals surface area contributed by atoms with Gasteiger partial charge >= 0.3 is 0 Å². The van der Waals surface area contributed by atoms with Crippen molar-refractivity contribution >= 4 is 16.8 Å². The van der Waals surface area contributed by atoms with Crippen LogP contribution in [0.4, 0.5) is 4.39 Å². The van der Waals surface area contributed by atoms with Crippen LogP contribution in [0.1, 0.15) is 11.3 Å². The lowest BCUT2D eigenvalue weighted by molar-refractivity contribution is -0.125. The highest BCUT2D eigenvalue weighted by molar-refractivity contribution is 5.84. The number of carbonyl (C=O) groups is 1. The summed E-state index contributed by atoms with van der Waals surface area (Å²) in [5.41, 5.74) is 3.13. The lowest BCUT2D eigenvalue weighted by Crippen LogP contribution is -2.39. The molecule has 1 aromatic carbocycles. The van der Waals surface area contributed by atoms with Crippen LogP contribution >= 0.6 is 0 Å². The Balaban J connectivity index is 1.81. The highest BCUT2D eigenvalue weighted by Gasteiger charge is 2.26. The molecule has 2 N–H and O–H groups in total. The Kier molecular flexibility index (Phi) is 4.87. The van der Waals surface area contributed by atoms with E-state index in [2.05, 4.69) is 27.1 Å². The van der Waals surface area contributed by atoms with E-state index in [1.54, 1.807) is 19.2 Å². The van der Waals surface area contributed by atoms with Crippen molar-refractivity contribution < 1.29 is 9.18 Å². The third-order valence-corrected chi connectivity index (χ3v) is 4.93. The summed E-state index contributed by atoms with van der Waals surface area (Å²) in [5, 5.41) is 3.70. The second-order valence-electron chi connectivity index (χ2n) is 6.73. The van der Waals surface area contributed by atoms with Crippen LogP contribution in [0.15, 0.2) is 18.2 Å². The van der Waals surface area contributed by atoms with Crippen molar-refractivity contribution in [3.05, 3.63) is 35.3 Å². The van der Waals surface area contributed by atoms with Gasteiger partial charge in [0.25, 0.3) is 0 Å². The number of fused-ring (bicyclic) bond motifs is 1. The zero-order chi connectivity index (χ0) is 17.3. The van der Waals surface area contributed by atoms with Crippen LogP contribution in [0.5, 0.6) is 0 Å². The van der Waals surface area contributed by atoms with Crippen LogP contribution in [0.3, 0.4) is 0 Å². The zero-order valence-electron chi connectivity index (χ0n) is 14.5. The minimum Gasteiger partial charge on any atom is -0.359 e. The molecule has 0 unspecified atom stereocenters. The Labute approximate surface area is 141 Å². The number of aromatic nitrogens is 1.